The number of rotatable bonds is 4. The standard InChI is InChI=1S/C25H28N2O.2CH4/c28-25(26-18-19-11-5-2-1-3-6-12-19)22-17-24(20-13-7-4-8-14-20)27-23-16-10-9-15-21(22)23;;/h4,7-10,13-17,19H,1-3,5-6,11-12,18H2,(H,26,28);2*1H4. The molecular weight excluding hydrogens is 368 g/mol. The van der Waals surface area contributed by atoms with Gasteiger partial charge in [0.15, 0.2) is 0 Å². The van der Waals surface area contributed by atoms with E-state index in [0.29, 0.717) is 5.92 Å². The van der Waals surface area contributed by atoms with E-state index >= 15 is 0 Å². The van der Waals surface area contributed by atoms with Crippen molar-refractivity contribution in [1.29, 1.82) is 0 Å². The van der Waals surface area contributed by atoms with Gasteiger partial charge >= 0.3 is 0 Å². The highest BCUT2D eigenvalue weighted by molar-refractivity contribution is 6.07. The van der Waals surface area contributed by atoms with Crippen LogP contribution in [0.2, 0.25) is 0 Å². The van der Waals surface area contributed by atoms with Gasteiger partial charge in [0, 0.05) is 17.5 Å². The molecule has 0 saturated heterocycles. The number of hydrogen-bond acceptors (Lipinski definition) is 2. The van der Waals surface area contributed by atoms with Gasteiger partial charge < -0.3 is 5.32 Å². The van der Waals surface area contributed by atoms with E-state index in [9.17, 15) is 4.79 Å². The summed E-state index contributed by atoms with van der Waals surface area (Å²) in [5.41, 5.74) is 3.45. The van der Waals surface area contributed by atoms with E-state index in [4.69, 9.17) is 4.98 Å². The van der Waals surface area contributed by atoms with Crippen molar-refractivity contribution in [3.8, 4) is 11.3 Å². The first kappa shape index (κ1) is 23.6. The van der Waals surface area contributed by atoms with Gasteiger partial charge in [-0.1, -0.05) is 95.5 Å². The van der Waals surface area contributed by atoms with Crippen molar-refractivity contribution in [2.24, 2.45) is 5.92 Å². The third kappa shape index (κ3) is 5.69. The summed E-state index contributed by atoms with van der Waals surface area (Å²) in [4.78, 5) is 17.9. The molecule has 1 saturated carbocycles. The van der Waals surface area contributed by atoms with Gasteiger partial charge in [0.2, 0.25) is 0 Å². The number of amides is 1. The molecule has 4 rings (SSSR count). The minimum atomic E-state index is 0. The summed E-state index contributed by atoms with van der Waals surface area (Å²) in [6.07, 6.45) is 9.07. The predicted molar refractivity (Wildman–Crippen MR) is 129 cm³/mol. The summed E-state index contributed by atoms with van der Waals surface area (Å²) in [6, 6.07) is 19.9. The third-order valence-electron chi connectivity index (χ3n) is 5.81. The first-order valence-corrected chi connectivity index (χ1v) is 10.5. The fraction of sp³-hybridized carbons (Fsp3) is 0.407. The number of nitrogens with zero attached hydrogens (tertiary/aromatic N) is 1. The van der Waals surface area contributed by atoms with E-state index in [1.807, 2.05) is 60.7 Å². The lowest BCUT2D eigenvalue weighted by molar-refractivity contribution is 0.0946. The molecule has 1 aliphatic carbocycles. The first-order valence-electron chi connectivity index (χ1n) is 10.5. The van der Waals surface area contributed by atoms with Crippen molar-refractivity contribution in [1.82, 2.24) is 10.3 Å². The van der Waals surface area contributed by atoms with Gasteiger partial charge in [0.25, 0.3) is 5.91 Å². The van der Waals surface area contributed by atoms with Crippen molar-refractivity contribution in [2.75, 3.05) is 6.54 Å². The Morgan fingerprint density at radius 2 is 1.50 bits per heavy atom. The maximum absolute atomic E-state index is 13.1. The monoisotopic (exact) mass is 404 g/mol. The largest absolute Gasteiger partial charge is 0.352 e. The number of benzene rings is 2. The SMILES string of the molecule is C.C.O=C(NCC1CCCCCCC1)c1cc(-c2ccccc2)nc2ccccc12. The molecule has 1 amide bonds. The van der Waals surface area contributed by atoms with Gasteiger partial charge in [0.1, 0.15) is 0 Å². The molecule has 1 fully saturated rings. The zero-order valence-electron chi connectivity index (χ0n) is 16.4. The number of fused-ring (bicyclic) bond motifs is 1. The summed E-state index contributed by atoms with van der Waals surface area (Å²) in [5.74, 6) is 0.615. The van der Waals surface area contributed by atoms with Gasteiger partial charge in [-0.25, -0.2) is 4.98 Å². The average molecular weight is 405 g/mol. The summed E-state index contributed by atoms with van der Waals surface area (Å²) < 4.78 is 0. The van der Waals surface area contributed by atoms with Gasteiger partial charge in [-0.05, 0) is 30.9 Å². The van der Waals surface area contributed by atoms with E-state index in [-0.39, 0.29) is 20.8 Å². The van der Waals surface area contributed by atoms with Gasteiger partial charge in [0.05, 0.1) is 16.8 Å². The first-order chi connectivity index (χ1) is 13.8. The fourth-order valence-corrected chi connectivity index (χ4v) is 4.20. The minimum absolute atomic E-state index is 0. The number of nitrogens with one attached hydrogen (secondary N) is 1. The Labute approximate surface area is 181 Å². The number of aromatic nitrogens is 1. The maximum Gasteiger partial charge on any atom is 0.252 e. The second-order valence-electron chi connectivity index (χ2n) is 7.86. The number of carbonyl (C=O) groups is 1. The van der Waals surface area contributed by atoms with Gasteiger partial charge in [-0.15, -0.1) is 0 Å². The van der Waals surface area contributed by atoms with Crippen LogP contribution < -0.4 is 5.32 Å². The Bertz CT molecular complexity index is 928. The Morgan fingerprint density at radius 1 is 0.867 bits per heavy atom. The number of pyridine rings is 1. The van der Waals surface area contributed by atoms with Crippen LogP contribution in [0.4, 0.5) is 0 Å². The lowest BCUT2D eigenvalue weighted by Gasteiger charge is -2.20. The summed E-state index contributed by atoms with van der Waals surface area (Å²) in [5, 5.41) is 4.14. The van der Waals surface area contributed by atoms with Crippen molar-refractivity contribution < 1.29 is 4.79 Å². The van der Waals surface area contributed by atoms with Crippen LogP contribution >= 0.6 is 0 Å². The van der Waals surface area contributed by atoms with Crippen LogP contribution in [0.1, 0.15) is 70.2 Å². The lowest BCUT2D eigenvalue weighted by atomic mass is 9.91. The summed E-state index contributed by atoms with van der Waals surface area (Å²) >= 11 is 0. The molecule has 3 heteroatoms. The van der Waals surface area contributed by atoms with Crippen LogP contribution in [-0.4, -0.2) is 17.4 Å². The highest BCUT2D eigenvalue weighted by atomic mass is 16.1. The molecule has 0 bridgehead atoms. The minimum Gasteiger partial charge on any atom is -0.352 e. The van der Waals surface area contributed by atoms with Crippen LogP contribution in [0.5, 0.6) is 0 Å². The lowest BCUT2D eigenvalue weighted by Crippen LogP contribution is -2.30. The second-order valence-corrected chi connectivity index (χ2v) is 7.86. The Hall–Kier alpha value is -2.68. The number of hydrogen-bond donors (Lipinski definition) is 1. The number of carbonyl (C=O) groups excluding carboxylic acids is 1. The molecule has 0 spiro atoms. The average Bonchev–Trinajstić information content (AvgIpc) is 2.72. The molecule has 30 heavy (non-hydrogen) atoms. The van der Waals surface area contributed by atoms with E-state index in [1.165, 1.54) is 44.9 Å². The summed E-state index contributed by atoms with van der Waals surface area (Å²) in [7, 11) is 0. The third-order valence-corrected chi connectivity index (χ3v) is 5.81. The van der Waals surface area contributed by atoms with Crippen molar-refractivity contribution in [3.63, 3.8) is 0 Å². The number of para-hydroxylation sites is 1. The highest BCUT2D eigenvalue weighted by Gasteiger charge is 2.16. The molecule has 0 unspecified atom stereocenters. The Balaban J connectivity index is 0.00000160. The van der Waals surface area contributed by atoms with Crippen LogP contribution in [0.15, 0.2) is 60.7 Å². The van der Waals surface area contributed by atoms with Crippen molar-refractivity contribution in [2.45, 2.75) is 59.8 Å². The Kier molecular flexibility index (Phi) is 9.04. The van der Waals surface area contributed by atoms with Crippen LogP contribution in [0.3, 0.4) is 0 Å². The molecule has 160 valence electrons. The molecule has 1 N–H and O–H groups in total. The maximum atomic E-state index is 13.1. The topological polar surface area (TPSA) is 42.0 Å². The molecule has 0 atom stereocenters. The zero-order chi connectivity index (χ0) is 19.2. The molecule has 1 aromatic heterocycles. The van der Waals surface area contributed by atoms with Crippen LogP contribution in [-0.2, 0) is 0 Å². The van der Waals surface area contributed by atoms with E-state index in [1.54, 1.807) is 0 Å². The molecule has 2 aromatic carbocycles. The normalized spacial score (nSPS) is 14.7. The molecule has 1 heterocycles. The zero-order valence-corrected chi connectivity index (χ0v) is 16.4. The van der Waals surface area contributed by atoms with E-state index in [2.05, 4.69) is 5.32 Å². The van der Waals surface area contributed by atoms with Crippen LogP contribution in [0.25, 0.3) is 22.2 Å². The van der Waals surface area contributed by atoms with Crippen molar-refractivity contribution >= 4 is 16.8 Å². The Morgan fingerprint density at radius 3 is 2.23 bits per heavy atom. The molecule has 0 aliphatic heterocycles. The van der Waals surface area contributed by atoms with E-state index < -0.39 is 0 Å². The molecular formula is C27H36N2O. The highest BCUT2D eigenvalue weighted by Crippen LogP contribution is 2.25. The fourth-order valence-electron chi connectivity index (χ4n) is 4.20. The van der Waals surface area contributed by atoms with Gasteiger partial charge in [-0.3, -0.25) is 4.79 Å². The van der Waals surface area contributed by atoms with Crippen LogP contribution in [0, 0.1) is 5.92 Å². The van der Waals surface area contributed by atoms with Gasteiger partial charge in [-0.2, -0.15) is 0 Å². The molecule has 1 aliphatic rings. The predicted octanol–water partition coefficient (Wildman–Crippen LogP) is 7.26. The van der Waals surface area contributed by atoms with Crippen molar-refractivity contribution in [3.05, 3.63) is 66.2 Å². The quantitative estimate of drug-likeness (QED) is 0.497. The molecule has 0 radical (unpaired) electrons. The molecule has 3 aromatic rings. The smallest absolute Gasteiger partial charge is 0.252 e. The molecule has 3 nitrogen and oxygen atoms in total. The van der Waals surface area contributed by atoms with E-state index in [0.717, 1.165) is 34.3 Å². The summed E-state index contributed by atoms with van der Waals surface area (Å²) in [6.45, 7) is 0.774. The second kappa shape index (κ2) is 11.5.